The SMILES string of the molecule is O=C(C[Se]CC(=O)Nc1ccc([N+](=O)[O-])cc1)Nc1ccc([N+](=O)[O-])cc1. The van der Waals surface area contributed by atoms with Gasteiger partial charge < -0.3 is 0 Å². The van der Waals surface area contributed by atoms with Crippen molar-refractivity contribution in [2.24, 2.45) is 0 Å². The van der Waals surface area contributed by atoms with Gasteiger partial charge in [0.1, 0.15) is 0 Å². The first-order valence-electron chi connectivity index (χ1n) is 7.51. The van der Waals surface area contributed by atoms with Gasteiger partial charge in [0.05, 0.1) is 0 Å². The Morgan fingerprint density at radius 1 is 0.741 bits per heavy atom. The summed E-state index contributed by atoms with van der Waals surface area (Å²) in [7, 11) is 0. The number of nitrogens with one attached hydrogen (secondary N) is 2. The molecule has 0 spiro atoms. The molecule has 0 fully saturated rings. The average molecular weight is 437 g/mol. The van der Waals surface area contributed by atoms with E-state index in [0.29, 0.717) is 11.4 Å². The monoisotopic (exact) mass is 438 g/mol. The quantitative estimate of drug-likeness (QED) is 0.369. The molecule has 2 aromatic carbocycles. The molecule has 0 aliphatic heterocycles. The van der Waals surface area contributed by atoms with Crippen molar-refractivity contribution in [3.8, 4) is 0 Å². The van der Waals surface area contributed by atoms with Crippen LogP contribution in [0.15, 0.2) is 48.5 Å². The topological polar surface area (TPSA) is 144 Å². The molecule has 2 rings (SSSR count). The summed E-state index contributed by atoms with van der Waals surface area (Å²) in [6.45, 7) is 0. The van der Waals surface area contributed by atoms with Gasteiger partial charge in [-0.3, -0.25) is 0 Å². The molecule has 2 amide bonds. The van der Waals surface area contributed by atoms with E-state index in [0.717, 1.165) is 0 Å². The van der Waals surface area contributed by atoms with Crippen LogP contribution in [0, 0.1) is 20.2 Å². The molecule has 0 radical (unpaired) electrons. The Hall–Kier alpha value is -3.30. The predicted molar refractivity (Wildman–Crippen MR) is 98.8 cm³/mol. The number of benzene rings is 2. The maximum atomic E-state index is 11.8. The molecule has 140 valence electrons. The van der Waals surface area contributed by atoms with Crippen molar-refractivity contribution in [3.05, 3.63) is 68.8 Å². The number of hydrogen-bond donors (Lipinski definition) is 2. The summed E-state index contributed by atoms with van der Waals surface area (Å²) in [6.07, 6.45) is 0. The molecule has 27 heavy (non-hydrogen) atoms. The molecule has 0 unspecified atom stereocenters. The van der Waals surface area contributed by atoms with E-state index in [1.165, 1.54) is 48.5 Å². The zero-order valence-electron chi connectivity index (χ0n) is 13.8. The summed E-state index contributed by atoms with van der Waals surface area (Å²) in [5.74, 6) is -0.570. The normalized spacial score (nSPS) is 10.1. The molecule has 0 heterocycles. The van der Waals surface area contributed by atoms with Crippen LogP contribution in [-0.4, -0.2) is 36.6 Å². The zero-order chi connectivity index (χ0) is 19.8. The molecule has 0 saturated heterocycles. The van der Waals surface area contributed by atoms with Gasteiger partial charge in [0.15, 0.2) is 0 Å². The van der Waals surface area contributed by atoms with Gasteiger partial charge in [-0.15, -0.1) is 0 Å². The molecule has 2 N–H and O–H groups in total. The second-order valence-corrected chi connectivity index (χ2v) is 7.26. The summed E-state index contributed by atoms with van der Waals surface area (Å²) < 4.78 is 0. The molecule has 0 atom stereocenters. The summed E-state index contributed by atoms with van der Waals surface area (Å²) in [4.78, 5) is 43.8. The third-order valence-electron chi connectivity index (χ3n) is 3.19. The van der Waals surface area contributed by atoms with Crippen molar-refractivity contribution in [2.75, 3.05) is 10.6 Å². The fraction of sp³-hybridized carbons (Fsp3) is 0.125. The number of nitro benzene ring substituents is 2. The van der Waals surface area contributed by atoms with Crippen molar-refractivity contribution in [2.45, 2.75) is 10.6 Å². The number of anilines is 2. The first-order chi connectivity index (χ1) is 12.8. The van der Waals surface area contributed by atoms with Crippen LogP contribution in [0.3, 0.4) is 0 Å². The van der Waals surface area contributed by atoms with Crippen molar-refractivity contribution in [1.29, 1.82) is 0 Å². The van der Waals surface area contributed by atoms with Crippen LogP contribution in [0.5, 0.6) is 0 Å². The van der Waals surface area contributed by atoms with Gasteiger partial charge in [0.25, 0.3) is 0 Å². The van der Waals surface area contributed by atoms with Crippen molar-refractivity contribution in [3.63, 3.8) is 0 Å². The van der Waals surface area contributed by atoms with Crippen LogP contribution in [0.2, 0.25) is 10.6 Å². The number of nitrogens with zero attached hydrogens (tertiary/aromatic N) is 2. The fourth-order valence-electron chi connectivity index (χ4n) is 1.96. The van der Waals surface area contributed by atoms with Crippen LogP contribution in [0.4, 0.5) is 22.7 Å². The summed E-state index contributed by atoms with van der Waals surface area (Å²) in [6, 6.07) is 10.9. The van der Waals surface area contributed by atoms with E-state index in [9.17, 15) is 29.8 Å². The number of non-ortho nitro benzene ring substituents is 2. The van der Waals surface area contributed by atoms with Gasteiger partial charge in [-0.2, -0.15) is 0 Å². The summed E-state index contributed by atoms with van der Waals surface area (Å²) >= 11 is -0.282. The van der Waals surface area contributed by atoms with Crippen LogP contribution in [-0.2, 0) is 9.59 Å². The molecular weight excluding hydrogens is 423 g/mol. The molecule has 10 nitrogen and oxygen atoms in total. The van der Waals surface area contributed by atoms with Crippen LogP contribution < -0.4 is 10.6 Å². The van der Waals surface area contributed by atoms with Crippen LogP contribution in [0.25, 0.3) is 0 Å². The third-order valence-corrected chi connectivity index (χ3v) is 5.15. The van der Waals surface area contributed by atoms with E-state index >= 15 is 0 Å². The predicted octanol–water partition coefficient (Wildman–Crippen LogP) is 2.62. The molecule has 0 aromatic heterocycles. The van der Waals surface area contributed by atoms with Gasteiger partial charge in [-0.25, -0.2) is 0 Å². The van der Waals surface area contributed by atoms with Gasteiger partial charge in [-0.1, -0.05) is 0 Å². The first-order valence-corrected chi connectivity index (χ1v) is 9.94. The summed E-state index contributed by atoms with van der Waals surface area (Å²) in [5, 5.41) is 26.7. The minimum absolute atomic E-state index is 0.0693. The van der Waals surface area contributed by atoms with E-state index in [1.54, 1.807) is 0 Å². The Morgan fingerprint density at radius 2 is 1.07 bits per heavy atom. The second kappa shape index (κ2) is 9.41. The van der Waals surface area contributed by atoms with Crippen LogP contribution in [0.1, 0.15) is 0 Å². The number of carbonyl (C=O) groups excluding carboxylic acids is 2. The third kappa shape index (κ3) is 6.49. The zero-order valence-corrected chi connectivity index (χ0v) is 15.5. The molecular formula is C16H14N4O6Se. The van der Waals surface area contributed by atoms with E-state index in [1.807, 2.05) is 0 Å². The van der Waals surface area contributed by atoms with Gasteiger partial charge in [0.2, 0.25) is 0 Å². The number of carbonyl (C=O) groups is 2. The maximum absolute atomic E-state index is 11.8. The Labute approximate surface area is 159 Å². The van der Waals surface area contributed by atoms with Crippen molar-refractivity contribution >= 4 is 49.5 Å². The number of rotatable bonds is 8. The molecule has 0 saturated carbocycles. The second-order valence-electron chi connectivity index (χ2n) is 5.20. The van der Waals surface area contributed by atoms with Gasteiger partial charge in [-0.05, 0) is 0 Å². The van der Waals surface area contributed by atoms with E-state index in [-0.39, 0.29) is 48.8 Å². The van der Waals surface area contributed by atoms with E-state index in [2.05, 4.69) is 10.6 Å². The number of amides is 2. The molecule has 11 heteroatoms. The molecule has 0 aliphatic carbocycles. The number of hydrogen-bond acceptors (Lipinski definition) is 6. The van der Waals surface area contributed by atoms with Crippen molar-refractivity contribution in [1.82, 2.24) is 0 Å². The van der Waals surface area contributed by atoms with Crippen LogP contribution >= 0.6 is 0 Å². The standard InChI is InChI=1S/C16H14N4O6Se/c21-15(17-11-1-5-13(6-2-11)19(23)24)9-27-10-16(22)18-12-3-7-14(8-4-12)20(25)26/h1-8H,9-10H2,(H,17,21)(H,18,22). The summed E-state index contributed by atoms with van der Waals surface area (Å²) in [5.41, 5.74) is 0.744. The van der Waals surface area contributed by atoms with Crippen molar-refractivity contribution < 1.29 is 19.4 Å². The Kier molecular flexibility index (Phi) is 6.98. The van der Waals surface area contributed by atoms with Gasteiger partial charge in [0, 0.05) is 0 Å². The molecule has 0 bridgehead atoms. The number of nitro groups is 2. The average Bonchev–Trinajstić information content (AvgIpc) is 2.62. The first kappa shape index (κ1) is 20.0. The van der Waals surface area contributed by atoms with E-state index in [4.69, 9.17) is 0 Å². The van der Waals surface area contributed by atoms with Gasteiger partial charge >= 0.3 is 159 Å². The Balaban J connectivity index is 1.73. The Morgan fingerprint density at radius 3 is 1.37 bits per heavy atom. The van der Waals surface area contributed by atoms with E-state index < -0.39 is 9.85 Å². The molecule has 2 aromatic rings. The Bertz CT molecular complexity index is 783. The molecule has 0 aliphatic rings. The minimum atomic E-state index is -0.530. The fourth-order valence-corrected chi connectivity index (χ4v) is 3.26.